The van der Waals surface area contributed by atoms with E-state index in [2.05, 4.69) is 52.1 Å². The topological polar surface area (TPSA) is 25.2 Å². The van der Waals surface area contributed by atoms with E-state index in [1.54, 1.807) is 0 Å². The van der Waals surface area contributed by atoms with Crippen LogP contribution in [0.25, 0.3) is 5.00 Å². The number of amides is 1. The fourth-order valence-electron chi connectivity index (χ4n) is 4.62. The molecule has 4 heteroatoms. The summed E-state index contributed by atoms with van der Waals surface area (Å²) in [5.41, 5.74) is 5.28. The number of hydrogen-bond donors (Lipinski definition) is 0. The molecule has 2 aliphatic rings. The van der Waals surface area contributed by atoms with E-state index in [1.807, 2.05) is 24.3 Å². The lowest BCUT2D eigenvalue weighted by atomic mass is 9.95. The lowest BCUT2D eigenvalue weighted by Crippen LogP contribution is -2.34. The van der Waals surface area contributed by atoms with Crippen LogP contribution in [0, 0.1) is 0 Å². The van der Waals surface area contributed by atoms with E-state index in [-0.39, 0.29) is 11.9 Å². The molecular formula is C23H24N2OS. The summed E-state index contributed by atoms with van der Waals surface area (Å²) < 4.78 is 2.35. The number of aryl methyl sites for hydroxylation is 1. The van der Waals surface area contributed by atoms with E-state index in [0.29, 0.717) is 6.42 Å². The monoisotopic (exact) mass is 376 g/mol. The van der Waals surface area contributed by atoms with Crippen LogP contribution >= 0.6 is 11.3 Å². The Morgan fingerprint density at radius 3 is 2.70 bits per heavy atom. The van der Waals surface area contributed by atoms with E-state index in [4.69, 9.17) is 0 Å². The van der Waals surface area contributed by atoms with Crippen molar-refractivity contribution in [3.63, 3.8) is 0 Å². The molecule has 3 aromatic rings. The van der Waals surface area contributed by atoms with Crippen LogP contribution in [0.3, 0.4) is 0 Å². The lowest BCUT2D eigenvalue weighted by Gasteiger charge is -2.31. The van der Waals surface area contributed by atoms with Gasteiger partial charge in [-0.05, 0) is 48.9 Å². The zero-order valence-electron chi connectivity index (χ0n) is 15.6. The molecular weight excluding hydrogens is 352 g/mol. The zero-order chi connectivity index (χ0) is 18.4. The number of hydrogen-bond acceptors (Lipinski definition) is 2. The third-order valence-electron chi connectivity index (χ3n) is 5.92. The highest BCUT2D eigenvalue weighted by molar-refractivity contribution is 7.15. The molecule has 0 saturated carbocycles. The Morgan fingerprint density at radius 1 is 1.07 bits per heavy atom. The predicted octanol–water partition coefficient (Wildman–Crippen LogP) is 5.26. The summed E-state index contributed by atoms with van der Waals surface area (Å²) in [7, 11) is 0. The van der Waals surface area contributed by atoms with Crippen molar-refractivity contribution in [2.24, 2.45) is 0 Å². The molecule has 0 unspecified atom stereocenters. The van der Waals surface area contributed by atoms with Gasteiger partial charge in [0.05, 0.1) is 11.7 Å². The molecule has 138 valence electrons. The highest BCUT2D eigenvalue weighted by Crippen LogP contribution is 2.44. The minimum atomic E-state index is -0.0347. The second kappa shape index (κ2) is 6.68. The van der Waals surface area contributed by atoms with Gasteiger partial charge in [0, 0.05) is 29.6 Å². The number of thiophene rings is 1. The van der Waals surface area contributed by atoms with E-state index in [0.717, 1.165) is 13.0 Å². The van der Waals surface area contributed by atoms with Crippen molar-refractivity contribution in [1.82, 2.24) is 9.47 Å². The smallest absolute Gasteiger partial charge is 0.223 e. The first-order valence-electron chi connectivity index (χ1n) is 9.93. The van der Waals surface area contributed by atoms with Gasteiger partial charge in [0.2, 0.25) is 5.91 Å². The van der Waals surface area contributed by atoms with E-state index in [9.17, 15) is 4.79 Å². The Labute approximate surface area is 164 Å². The van der Waals surface area contributed by atoms with Crippen LogP contribution in [0.4, 0.5) is 0 Å². The number of nitrogens with zero attached hydrogens (tertiary/aromatic N) is 2. The minimum Gasteiger partial charge on any atom is -0.326 e. The molecule has 1 aliphatic heterocycles. The van der Waals surface area contributed by atoms with Gasteiger partial charge in [0.25, 0.3) is 0 Å². The molecule has 0 saturated heterocycles. The number of fused-ring (bicyclic) bond motifs is 5. The largest absolute Gasteiger partial charge is 0.326 e. The third kappa shape index (κ3) is 2.66. The van der Waals surface area contributed by atoms with Crippen molar-refractivity contribution in [2.45, 2.75) is 51.6 Å². The minimum absolute atomic E-state index is 0.0347. The van der Waals surface area contributed by atoms with Gasteiger partial charge >= 0.3 is 0 Å². The number of rotatable bonds is 2. The Morgan fingerprint density at radius 2 is 1.89 bits per heavy atom. The lowest BCUT2D eigenvalue weighted by molar-refractivity contribution is -0.133. The molecule has 3 nitrogen and oxygen atoms in total. The van der Waals surface area contributed by atoms with E-state index in [1.165, 1.54) is 51.5 Å². The highest BCUT2D eigenvalue weighted by Gasteiger charge is 2.35. The first kappa shape index (κ1) is 16.8. The van der Waals surface area contributed by atoms with Crippen LogP contribution in [0.1, 0.15) is 59.5 Å². The van der Waals surface area contributed by atoms with Crippen LogP contribution in [-0.4, -0.2) is 15.4 Å². The van der Waals surface area contributed by atoms with Gasteiger partial charge in [-0.15, -0.1) is 11.3 Å². The highest BCUT2D eigenvalue weighted by atomic mass is 32.1. The molecule has 1 aromatic carbocycles. The molecule has 5 rings (SSSR count). The second-order valence-corrected chi connectivity index (χ2v) is 8.57. The van der Waals surface area contributed by atoms with Crippen molar-refractivity contribution in [3.8, 4) is 5.00 Å². The van der Waals surface area contributed by atoms with Crippen molar-refractivity contribution < 1.29 is 4.79 Å². The normalized spacial score (nSPS) is 18.4. The van der Waals surface area contributed by atoms with Crippen LogP contribution in [-0.2, 0) is 24.2 Å². The average molecular weight is 377 g/mol. The van der Waals surface area contributed by atoms with E-state index < -0.39 is 0 Å². The number of carbonyl (C=O) groups is 1. The molecule has 27 heavy (non-hydrogen) atoms. The molecule has 1 amide bonds. The summed E-state index contributed by atoms with van der Waals surface area (Å²) in [6, 6.07) is 14.7. The summed E-state index contributed by atoms with van der Waals surface area (Å²) in [5.74, 6) is 0.222. The number of aromatic nitrogens is 1. The fourth-order valence-corrected chi connectivity index (χ4v) is 6.02. The number of carbonyl (C=O) groups excluding carboxylic acids is 1. The first-order chi connectivity index (χ1) is 13.3. The van der Waals surface area contributed by atoms with Crippen LogP contribution in [0.2, 0.25) is 0 Å². The molecule has 0 spiro atoms. The second-order valence-electron chi connectivity index (χ2n) is 7.49. The van der Waals surface area contributed by atoms with Crippen molar-refractivity contribution in [3.05, 3.63) is 75.9 Å². The first-order valence-corrected chi connectivity index (χ1v) is 10.7. The Balaban J connectivity index is 1.74. The van der Waals surface area contributed by atoms with Gasteiger partial charge in [0.1, 0.15) is 5.00 Å². The molecule has 0 fully saturated rings. The maximum atomic E-state index is 13.1. The quantitative estimate of drug-likeness (QED) is 0.599. The molecule has 1 atom stereocenters. The molecule has 0 bridgehead atoms. The van der Waals surface area contributed by atoms with Gasteiger partial charge < -0.3 is 9.47 Å². The molecule has 2 aromatic heterocycles. The third-order valence-corrected chi connectivity index (χ3v) is 7.25. The van der Waals surface area contributed by atoms with Crippen molar-refractivity contribution in [2.75, 3.05) is 0 Å². The van der Waals surface area contributed by atoms with Gasteiger partial charge in [-0.1, -0.05) is 37.3 Å². The Kier molecular flexibility index (Phi) is 4.16. The Hall–Kier alpha value is -2.33. The Bertz CT molecular complexity index is 985. The van der Waals surface area contributed by atoms with Gasteiger partial charge in [-0.25, -0.2) is 0 Å². The fraction of sp³-hybridized carbons (Fsp3) is 0.348. The van der Waals surface area contributed by atoms with Crippen LogP contribution in [0.5, 0.6) is 0 Å². The van der Waals surface area contributed by atoms with E-state index >= 15 is 0 Å². The summed E-state index contributed by atoms with van der Waals surface area (Å²) in [6.07, 6.45) is 7.60. The summed E-state index contributed by atoms with van der Waals surface area (Å²) >= 11 is 1.94. The van der Waals surface area contributed by atoms with Gasteiger partial charge in [-0.2, -0.15) is 0 Å². The number of benzene rings is 1. The van der Waals surface area contributed by atoms with Crippen molar-refractivity contribution >= 4 is 17.2 Å². The summed E-state index contributed by atoms with van der Waals surface area (Å²) in [5, 5.41) is 1.33. The van der Waals surface area contributed by atoms with Gasteiger partial charge in [-0.3, -0.25) is 4.79 Å². The standard InChI is InChI=1S/C23H24N2OS/c1-2-21(26)25-15-18-17-11-6-7-13-20(17)27-23(18)24-14-8-12-19(24)22(25)16-9-4-3-5-10-16/h3-5,8-10,12,14,22H,2,6-7,11,13,15H2,1H3/t22-/m0/s1. The average Bonchev–Trinajstić information content (AvgIpc) is 3.30. The molecule has 0 radical (unpaired) electrons. The molecule has 0 N–H and O–H groups in total. The summed E-state index contributed by atoms with van der Waals surface area (Å²) in [6.45, 7) is 2.69. The molecule has 3 heterocycles. The van der Waals surface area contributed by atoms with Crippen LogP contribution in [0.15, 0.2) is 48.7 Å². The van der Waals surface area contributed by atoms with Gasteiger partial charge in [0.15, 0.2) is 0 Å². The maximum absolute atomic E-state index is 13.1. The SMILES string of the molecule is CCC(=O)N1Cc2c(sc3c2CCCC3)-n2cccc2[C@@H]1c1ccccc1. The van der Waals surface area contributed by atoms with Crippen LogP contribution < -0.4 is 0 Å². The zero-order valence-corrected chi connectivity index (χ0v) is 16.5. The molecule has 1 aliphatic carbocycles. The maximum Gasteiger partial charge on any atom is 0.223 e. The van der Waals surface area contributed by atoms with Crippen molar-refractivity contribution in [1.29, 1.82) is 0 Å². The summed E-state index contributed by atoms with van der Waals surface area (Å²) in [4.78, 5) is 16.7. The predicted molar refractivity (Wildman–Crippen MR) is 109 cm³/mol.